The molecule has 134 valence electrons. The van der Waals surface area contributed by atoms with Gasteiger partial charge in [0.25, 0.3) is 0 Å². The van der Waals surface area contributed by atoms with Crippen LogP contribution in [0.2, 0.25) is 5.02 Å². The minimum absolute atomic E-state index is 0.00788. The Balaban J connectivity index is 1.50. The molecule has 1 aromatic heterocycles. The molecule has 2 aromatic carbocycles. The van der Waals surface area contributed by atoms with Crippen LogP contribution in [0.15, 0.2) is 60.0 Å². The van der Waals surface area contributed by atoms with Gasteiger partial charge in [-0.25, -0.2) is 4.98 Å². The number of carbonyl (C=O) groups is 1. The predicted molar refractivity (Wildman–Crippen MR) is 109 cm³/mol. The molecule has 3 aromatic rings. The zero-order valence-electron chi connectivity index (χ0n) is 14.6. The summed E-state index contributed by atoms with van der Waals surface area (Å²) < 4.78 is 0. The van der Waals surface area contributed by atoms with Gasteiger partial charge in [-0.2, -0.15) is 0 Å². The van der Waals surface area contributed by atoms with Crippen molar-refractivity contribution in [3.63, 3.8) is 0 Å². The van der Waals surface area contributed by atoms with Crippen LogP contribution in [0, 0.1) is 0 Å². The van der Waals surface area contributed by atoms with Gasteiger partial charge in [0, 0.05) is 22.0 Å². The van der Waals surface area contributed by atoms with Gasteiger partial charge in [-0.3, -0.25) is 4.79 Å². The van der Waals surface area contributed by atoms with Crippen LogP contribution in [0.4, 0.5) is 0 Å². The summed E-state index contributed by atoms with van der Waals surface area (Å²) in [5.41, 5.74) is 3.06. The molecule has 0 aliphatic heterocycles. The monoisotopic (exact) mass is 384 g/mol. The lowest BCUT2D eigenvalue weighted by atomic mass is 10.1. The molecule has 3 rings (SSSR count). The smallest absolute Gasteiger partial charge is 0.226 e. The first-order valence-electron chi connectivity index (χ1n) is 8.64. The van der Waals surface area contributed by atoms with Crippen LogP contribution in [0.25, 0.3) is 10.6 Å². The average Bonchev–Trinajstić information content (AvgIpc) is 3.09. The molecule has 0 saturated heterocycles. The highest BCUT2D eigenvalue weighted by molar-refractivity contribution is 7.13. The number of hydrogen-bond donors (Lipinski definition) is 1. The van der Waals surface area contributed by atoms with E-state index < -0.39 is 0 Å². The Labute approximate surface area is 163 Å². The van der Waals surface area contributed by atoms with Crippen LogP contribution in [0.3, 0.4) is 0 Å². The summed E-state index contributed by atoms with van der Waals surface area (Å²) in [7, 11) is 0. The van der Waals surface area contributed by atoms with Crippen molar-refractivity contribution in [1.29, 1.82) is 0 Å². The van der Waals surface area contributed by atoms with E-state index in [0.717, 1.165) is 29.1 Å². The number of halogens is 1. The van der Waals surface area contributed by atoms with Crippen molar-refractivity contribution in [3.05, 3.63) is 76.3 Å². The summed E-state index contributed by atoms with van der Waals surface area (Å²) >= 11 is 7.56. The highest BCUT2D eigenvalue weighted by atomic mass is 35.5. The van der Waals surface area contributed by atoms with Gasteiger partial charge >= 0.3 is 0 Å². The first-order chi connectivity index (χ1) is 12.6. The summed E-state index contributed by atoms with van der Waals surface area (Å²) in [5, 5.41) is 6.56. The van der Waals surface area contributed by atoms with E-state index in [1.165, 1.54) is 16.9 Å². The molecule has 3 nitrogen and oxygen atoms in total. The Morgan fingerprint density at radius 1 is 1.19 bits per heavy atom. The summed E-state index contributed by atoms with van der Waals surface area (Å²) in [6.07, 6.45) is 2.17. The Morgan fingerprint density at radius 3 is 2.77 bits per heavy atom. The van der Waals surface area contributed by atoms with Crippen LogP contribution in [0.1, 0.15) is 24.6 Å². The van der Waals surface area contributed by atoms with E-state index in [2.05, 4.69) is 22.4 Å². The number of benzene rings is 2. The third kappa shape index (κ3) is 5.41. The fraction of sp³-hybridized carbons (Fsp3) is 0.238. The van der Waals surface area contributed by atoms with Gasteiger partial charge < -0.3 is 5.32 Å². The minimum atomic E-state index is 0.00788. The van der Waals surface area contributed by atoms with Crippen molar-refractivity contribution in [1.82, 2.24) is 10.3 Å². The van der Waals surface area contributed by atoms with Crippen LogP contribution < -0.4 is 5.32 Å². The lowest BCUT2D eigenvalue weighted by molar-refractivity contribution is -0.121. The first-order valence-corrected chi connectivity index (χ1v) is 9.89. The predicted octanol–water partition coefficient (Wildman–Crippen LogP) is 5.14. The molecule has 0 radical (unpaired) electrons. The van der Waals surface area contributed by atoms with E-state index in [0.29, 0.717) is 11.4 Å². The van der Waals surface area contributed by atoms with Gasteiger partial charge in [0.05, 0.1) is 12.1 Å². The van der Waals surface area contributed by atoms with Crippen LogP contribution in [0.5, 0.6) is 0 Å². The van der Waals surface area contributed by atoms with Crippen molar-refractivity contribution >= 4 is 28.8 Å². The normalized spacial score (nSPS) is 11.9. The molecule has 0 fully saturated rings. The zero-order valence-corrected chi connectivity index (χ0v) is 16.2. The first kappa shape index (κ1) is 18.6. The molecular formula is C21H21ClN2OS. The molecule has 1 unspecified atom stereocenters. The summed E-state index contributed by atoms with van der Waals surface area (Å²) in [6.45, 7) is 2.04. The SMILES string of the molecule is CC(CCc1ccccc1)NC(=O)Cc1csc(-c2cccc(Cl)c2)n1. The number of amides is 1. The van der Waals surface area contributed by atoms with E-state index >= 15 is 0 Å². The maximum atomic E-state index is 12.3. The number of nitrogens with one attached hydrogen (secondary N) is 1. The van der Waals surface area contributed by atoms with E-state index in [4.69, 9.17) is 11.6 Å². The number of rotatable bonds is 7. The van der Waals surface area contributed by atoms with Crippen molar-refractivity contribution in [2.45, 2.75) is 32.2 Å². The van der Waals surface area contributed by atoms with E-state index in [-0.39, 0.29) is 11.9 Å². The molecule has 1 N–H and O–H groups in total. The molecule has 0 bridgehead atoms. The molecule has 1 heterocycles. The third-order valence-electron chi connectivity index (χ3n) is 4.08. The third-order valence-corrected chi connectivity index (χ3v) is 5.26. The van der Waals surface area contributed by atoms with Gasteiger partial charge in [-0.1, -0.05) is 54.1 Å². The Bertz CT molecular complexity index is 863. The van der Waals surface area contributed by atoms with Gasteiger partial charge in [-0.05, 0) is 37.5 Å². The fourth-order valence-corrected chi connectivity index (χ4v) is 3.74. The maximum Gasteiger partial charge on any atom is 0.226 e. The Morgan fingerprint density at radius 2 is 2.00 bits per heavy atom. The van der Waals surface area contributed by atoms with E-state index in [1.807, 2.05) is 54.8 Å². The number of aryl methyl sites for hydroxylation is 1. The van der Waals surface area contributed by atoms with Gasteiger partial charge in [0.15, 0.2) is 0 Å². The van der Waals surface area contributed by atoms with Crippen molar-refractivity contribution in [2.24, 2.45) is 0 Å². The largest absolute Gasteiger partial charge is 0.353 e. The summed E-state index contributed by atoms with van der Waals surface area (Å²) in [5.74, 6) is 0.00788. The minimum Gasteiger partial charge on any atom is -0.353 e. The number of aromatic nitrogens is 1. The van der Waals surface area contributed by atoms with Gasteiger partial charge in [0.1, 0.15) is 5.01 Å². The lowest BCUT2D eigenvalue weighted by Crippen LogP contribution is -2.34. The highest BCUT2D eigenvalue weighted by Gasteiger charge is 2.12. The molecule has 0 aliphatic carbocycles. The molecule has 1 atom stereocenters. The number of thiazole rings is 1. The summed E-state index contributed by atoms with van der Waals surface area (Å²) in [6, 6.07) is 18.0. The number of carbonyl (C=O) groups excluding carboxylic acids is 1. The van der Waals surface area contributed by atoms with E-state index in [1.54, 1.807) is 0 Å². The van der Waals surface area contributed by atoms with Crippen LogP contribution in [-0.2, 0) is 17.6 Å². The standard InChI is InChI=1S/C21H21ClN2OS/c1-15(10-11-16-6-3-2-4-7-16)23-20(25)13-19-14-26-21(24-19)17-8-5-9-18(22)12-17/h2-9,12,14-15H,10-11,13H2,1H3,(H,23,25). The second-order valence-electron chi connectivity index (χ2n) is 6.32. The van der Waals surface area contributed by atoms with Crippen LogP contribution >= 0.6 is 22.9 Å². The fourth-order valence-electron chi connectivity index (χ4n) is 2.73. The van der Waals surface area contributed by atoms with E-state index in [9.17, 15) is 4.79 Å². The van der Waals surface area contributed by atoms with Crippen molar-refractivity contribution < 1.29 is 4.79 Å². The second kappa shape index (κ2) is 8.97. The number of hydrogen-bond acceptors (Lipinski definition) is 3. The molecule has 1 amide bonds. The molecular weight excluding hydrogens is 364 g/mol. The number of nitrogens with zero attached hydrogens (tertiary/aromatic N) is 1. The Kier molecular flexibility index (Phi) is 6.42. The topological polar surface area (TPSA) is 42.0 Å². The molecule has 0 aliphatic rings. The molecule has 26 heavy (non-hydrogen) atoms. The average molecular weight is 385 g/mol. The maximum absolute atomic E-state index is 12.3. The van der Waals surface area contributed by atoms with Crippen molar-refractivity contribution in [2.75, 3.05) is 0 Å². The highest BCUT2D eigenvalue weighted by Crippen LogP contribution is 2.26. The lowest BCUT2D eigenvalue weighted by Gasteiger charge is -2.13. The van der Waals surface area contributed by atoms with Gasteiger partial charge in [0.2, 0.25) is 5.91 Å². The summed E-state index contributed by atoms with van der Waals surface area (Å²) in [4.78, 5) is 16.8. The quantitative estimate of drug-likeness (QED) is 0.612. The zero-order chi connectivity index (χ0) is 18.4. The van der Waals surface area contributed by atoms with Crippen molar-refractivity contribution in [3.8, 4) is 10.6 Å². The molecule has 0 saturated carbocycles. The molecule has 0 spiro atoms. The Hall–Kier alpha value is -2.17. The molecule has 5 heteroatoms. The van der Waals surface area contributed by atoms with Crippen LogP contribution in [-0.4, -0.2) is 16.9 Å². The van der Waals surface area contributed by atoms with Gasteiger partial charge in [-0.15, -0.1) is 11.3 Å². The second-order valence-corrected chi connectivity index (χ2v) is 7.62.